The molecular formula is C13H7F3N2O2. The van der Waals surface area contributed by atoms with Crippen molar-refractivity contribution in [3.05, 3.63) is 47.8 Å². The van der Waals surface area contributed by atoms with Crippen molar-refractivity contribution < 1.29 is 23.1 Å². The first-order chi connectivity index (χ1) is 9.36. The number of halogens is 3. The Morgan fingerprint density at radius 1 is 1.20 bits per heavy atom. The van der Waals surface area contributed by atoms with E-state index in [1.165, 1.54) is 16.7 Å². The number of benzene rings is 1. The smallest absolute Gasteiger partial charge is 0.416 e. The molecule has 2 heterocycles. The maximum Gasteiger partial charge on any atom is 0.416 e. The Balaban J connectivity index is 2.35. The number of nitrogens with zero attached hydrogens (tertiary/aromatic N) is 2. The van der Waals surface area contributed by atoms with E-state index in [-0.39, 0.29) is 16.9 Å². The van der Waals surface area contributed by atoms with Gasteiger partial charge in [-0.1, -0.05) is 6.07 Å². The van der Waals surface area contributed by atoms with Gasteiger partial charge in [-0.15, -0.1) is 0 Å². The molecule has 0 aliphatic carbocycles. The highest BCUT2D eigenvalue weighted by Crippen LogP contribution is 2.31. The van der Waals surface area contributed by atoms with E-state index in [4.69, 9.17) is 5.11 Å². The zero-order valence-electron chi connectivity index (χ0n) is 9.85. The molecule has 0 atom stereocenters. The monoisotopic (exact) mass is 280 g/mol. The molecule has 0 saturated heterocycles. The summed E-state index contributed by atoms with van der Waals surface area (Å²) in [7, 11) is 0. The van der Waals surface area contributed by atoms with Crippen LogP contribution in [-0.2, 0) is 6.18 Å². The van der Waals surface area contributed by atoms with Crippen molar-refractivity contribution in [2.24, 2.45) is 0 Å². The largest absolute Gasteiger partial charge is 0.476 e. The predicted molar refractivity (Wildman–Crippen MR) is 64.7 cm³/mol. The molecule has 0 radical (unpaired) electrons. The topological polar surface area (TPSA) is 54.6 Å². The third-order valence-electron chi connectivity index (χ3n) is 2.98. The summed E-state index contributed by atoms with van der Waals surface area (Å²) in [6, 6.07) is 6.47. The summed E-state index contributed by atoms with van der Waals surface area (Å²) in [6.45, 7) is 0. The molecule has 102 valence electrons. The SMILES string of the molecule is O=C(O)c1cn2c(ccc3ccc(C(F)(F)F)cc32)n1. The van der Waals surface area contributed by atoms with Crippen LogP contribution in [0.25, 0.3) is 16.6 Å². The van der Waals surface area contributed by atoms with Crippen LogP contribution in [-0.4, -0.2) is 20.5 Å². The Hall–Kier alpha value is -2.57. The number of aromatic carboxylic acids is 1. The van der Waals surface area contributed by atoms with Crippen LogP contribution in [0.3, 0.4) is 0 Å². The Kier molecular flexibility index (Phi) is 2.47. The number of carbonyl (C=O) groups is 1. The second-order valence-corrected chi connectivity index (χ2v) is 4.26. The number of pyridine rings is 1. The molecule has 0 saturated carbocycles. The Labute approximate surface area is 110 Å². The first-order valence-corrected chi connectivity index (χ1v) is 5.58. The fourth-order valence-corrected chi connectivity index (χ4v) is 2.04. The Morgan fingerprint density at radius 2 is 1.90 bits per heavy atom. The molecule has 7 heteroatoms. The summed E-state index contributed by atoms with van der Waals surface area (Å²) in [5.74, 6) is -1.23. The van der Waals surface area contributed by atoms with E-state index in [1.54, 1.807) is 12.1 Å². The first-order valence-electron chi connectivity index (χ1n) is 5.58. The number of carboxylic acid groups (broad SMARTS) is 1. The van der Waals surface area contributed by atoms with Crippen LogP contribution in [0, 0.1) is 0 Å². The molecule has 1 aromatic carbocycles. The zero-order valence-corrected chi connectivity index (χ0v) is 9.85. The number of imidazole rings is 1. The van der Waals surface area contributed by atoms with E-state index in [1.807, 2.05) is 0 Å². The highest BCUT2D eigenvalue weighted by atomic mass is 19.4. The van der Waals surface area contributed by atoms with Crippen molar-refractivity contribution in [2.75, 3.05) is 0 Å². The minimum atomic E-state index is -4.45. The molecule has 3 aromatic rings. The second kappa shape index (κ2) is 3.96. The van der Waals surface area contributed by atoms with Gasteiger partial charge in [-0.2, -0.15) is 13.2 Å². The van der Waals surface area contributed by atoms with Crippen molar-refractivity contribution in [2.45, 2.75) is 6.18 Å². The van der Waals surface area contributed by atoms with Crippen LogP contribution in [0.15, 0.2) is 36.5 Å². The predicted octanol–water partition coefficient (Wildman–Crippen LogP) is 3.20. The highest BCUT2D eigenvalue weighted by molar-refractivity contribution is 5.88. The summed E-state index contributed by atoms with van der Waals surface area (Å²) in [6.07, 6.45) is -3.24. The summed E-state index contributed by atoms with van der Waals surface area (Å²) in [5.41, 5.74) is -0.454. The highest BCUT2D eigenvalue weighted by Gasteiger charge is 2.30. The van der Waals surface area contributed by atoms with Gasteiger partial charge in [0.2, 0.25) is 0 Å². The normalized spacial score (nSPS) is 12.2. The van der Waals surface area contributed by atoms with E-state index >= 15 is 0 Å². The van der Waals surface area contributed by atoms with Crippen molar-refractivity contribution in [1.29, 1.82) is 0 Å². The maximum absolute atomic E-state index is 12.7. The molecule has 1 N–H and O–H groups in total. The minimum Gasteiger partial charge on any atom is -0.476 e. The Morgan fingerprint density at radius 3 is 2.55 bits per heavy atom. The number of aromatic nitrogens is 2. The molecule has 0 aliphatic heterocycles. The van der Waals surface area contributed by atoms with Gasteiger partial charge in [0.05, 0.1) is 11.1 Å². The van der Waals surface area contributed by atoms with Gasteiger partial charge in [0.25, 0.3) is 0 Å². The van der Waals surface area contributed by atoms with Crippen LogP contribution in [0.1, 0.15) is 16.1 Å². The van der Waals surface area contributed by atoms with Gasteiger partial charge in [0.1, 0.15) is 5.65 Å². The van der Waals surface area contributed by atoms with Crippen molar-refractivity contribution in [3.8, 4) is 0 Å². The number of alkyl halides is 3. The molecule has 0 unspecified atom stereocenters. The number of fused-ring (bicyclic) bond motifs is 3. The van der Waals surface area contributed by atoms with E-state index in [2.05, 4.69) is 4.98 Å². The van der Waals surface area contributed by atoms with E-state index in [0.29, 0.717) is 5.39 Å². The molecule has 0 amide bonds. The van der Waals surface area contributed by atoms with Crippen LogP contribution in [0.2, 0.25) is 0 Å². The fraction of sp³-hybridized carbons (Fsp3) is 0.0769. The van der Waals surface area contributed by atoms with E-state index in [0.717, 1.165) is 12.1 Å². The lowest BCUT2D eigenvalue weighted by Crippen LogP contribution is -2.04. The Bertz CT molecular complexity index is 837. The van der Waals surface area contributed by atoms with Crippen molar-refractivity contribution in [3.63, 3.8) is 0 Å². The van der Waals surface area contributed by atoms with Crippen LogP contribution >= 0.6 is 0 Å². The molecule has 4 nitrogen and oxygen atoms in total. The lowest BCUT2D eigenvalue weighted by Gasteiger charge is -2.08. The summed E-state index contributed by atoms with van der Waals surface area (Å²) in [5, 5.41) is 9.46. The van der Waals surface area contributed by atoms with E-state index in [9.17, 15) is 18.0 Å². The summed E-state index contributed by atoms with van der Waals surface area (Å²) < 4.78 is 39.5. The number of carboxylic acids is 1. The fourth-order valence-electron chi connectivity index (χ4n) is 2.04. The molecule has 0 aliphatic rings. The zero-order chi connectivity index (χ0) is 14.5. The van der Waals surface area contributed by atoms with Gasteiger partial charge >= 0.3 is 12.1 Å². The average Bonchev–Trinajstić information content (AvgIpc) is 2.81. The van der Waals surface area contributed by atoms with E-state index < -0.39 is 17.7 Å². The quantitative estimate of drug-likeness (QED) is 0.744. The third kappa shape index (κ3) is 1.87. The van der Waals surface area contributed by atoms with Gasteiger partial charge in [-0.25, -0.2) is 9.78 Å². The van der Waals surface area contributed by atoms with Gasteiger partial charge < -0.3 is 5.11 Å². The standard InChI is InChI=1S/C13H7F3N2O2/c14-13(15,16)8-3-1-7-2-4-11-17-9(12(19)20)6-18(11)10(7)5-8/h1-6H,(H,19,20). The first kappa shape index (κ1) is 12.5. The number of hydrogen-bond donors (Lipinski definition) is 1. The lowest BCUT2D eigenvalue weighted by atomic mass is 10.1. The van der Waals surface area contributed by atoms with Crippen LogP contribution in [0.4, 0.5) is 13.2 Å². The van der Waals surface area contributed by atoms with Crippen molar-refractivity contribution >= 4 is 22.5 Å². The number of hydrogen-bond acceptors (Lipinski definition) is 2. The van der Waals surface area contributed by atoms with Crippen molar-refractivity contribution in [1.82, 2.24) is 9.38 Å². The molecular weight excluding hydrogens is 273 g/mol. The molecule has 2 aromatic heterocycles. The molecule has 0 bridgehead atoms. The van der Waals surface area contributed by atoms with Gasteiger partial charge in [-0.05, 0) is 29.7 Å². The van der Waals surface area contributed by atoms with Gasteiger partial charge in [0.15, 0.2) is 5.69 Å². The van der Waals surface area contributed by atoms with Crippen LogP contribution < -0.4 is 0 Å². The minimum absolute atomic E-state index is 0.213. The number of rotatable bonds is 1. The van der Waals surface area contributed by atoms with Gasteiger partial charge in [-0.3, -0.25) is 4.40 Å². The molecule has 0 spiro atoms. The van der Waals surface area contributed by atoms with Crippen LogP contribution in [0.5, 0.6) is 0 Å². The average molecular weight is 280 g/mol. The maximum atomic E-state index is 12.7. The third-order valence-corrected chi connectivity index (χ3v) is 2.98. The second-order valence-electron chi connectivity index (χ2n) is 4.26. The molecule has 20 heavy (non-hydrogen) atoms. The van der Waals surface area contributed by atoms with Gasteiger partial charge in [0, 0.05) is 6.20 Å². The molecule has 3 rings (SSSR count). The summed E-state index contributed by atoms with van der Waals surface area (Å²) in [4.78, 5) is 14.7. The molecule has 0 fully saturated rings. The summed E-state index contributed by atoms with van der Waals surface area (Å²) >= 11 is 0. The lowest BCUT2D eigenvalue weighted by molar-refractivity contribution is -0.137.